The molecule has 2 atom stereocenters. The number of esters is 1. The van der Waals surface area contributed by atoms with Gasteiger partial charge in [-0.25, -0.2) is 19.7 Å². The maximum absolute atomic E-state index is 13.1. The molecule has 2 aromatic carbocycles. The van der Waals surface area contributed by atoms with Crippen LogP contribution >= 0.6 is 22.9 Å². The average molecular weight is 580 g/mol. The van der Waals surface area contributed by atoms with Crippen LogP contribution in [0.3, 0.4) is 0 Å². The lowest BCUT2D eigenvalue weighted by Crippen LogP contribution is -2.49. The summed E-state index contributed by atoms with van der Waals surface area (Å²) in [5, 5.41) is 4.87. The second-order valence-corrected chi connectivity index (χ2v) is 12.5. The number of fused-ring (bicyclic) bond motifs is 1. The highest BCUT2D eigenvalue weighted by Gasteiger charge is 2.33. The van der Waals surface area contributed by atoms with Gasteiger partial charge in [0.05, 0.1) is 22.9 Å². The lowest BCUT2D eigenvalue weighted by molar-refractivity contribution is -0.164. The molecule has 40 heavy (non-hydrogen) atoms. The standard InChI is InChI=1S/C30H34ClN5O3S/c1-17-15-22-26(40-27(34-22)21-11-12-33-29(35-21)36-14-13-32-18(2)16-36)24(19-7-9-20(31)10-8-19)23(17)25(28(37)38-6)39-30(3,4)5/h7-12,15,18,25,32H,13-14,16H2,1-6H3. The molecule has 0 aliphatic carbocycles. The van der Waals surface area contributed by atoms with Crippen LogP contribution in [0.2, 0.25) is 5.02 Å². The number of carbonyl (C=O) groups is 1. The zero-order valence-electron chi connectivity index (χ0n) is 23.6. The Kier molecular flexibility index (Phi) is 8.10. The largest absolute Gasteiger partial charge is 0.467 e. The van der Waals surface area contributed by atoms with E-state index in [1.54, 1.807) is 6.20 Å². The third kappa shape index (κ3) is 5.98. The van der Waals surface area contributed by atoms with Gasteiger partial charge in [-0.15, -0.1) is 11.3 Å². The average Bonchev–Trinajstić information content (AvgIpc) is 3.34. The molecule has 0 radical (unpaired) electrons. The molecule has 0 saturated carbocycles. The fourth-order valence-electron chi connectivity index (χ4n) is 4.98. The predicted octanol–water partition coefficient (Wildman–Crippen LogP) is 6.21. The Labute approximate surface area is 243 Å². The third-order valence-electron chi connectivity index (χ3n) is 6.72. The molecule has 0 bridgehead atoms. The van der Waals surface area contributed by atoms with E-state index in [1.807, 2.05) is 64.1 Å². The second kappa shape index (κ2) is 11.4. The lowest BCUT2D eigenvalue weighted by atomic mass is 9.91. The Morgan fingerprint density at radius 3 is 2.62 bits per heavy atom. The first kappa shape index (κ1) is 28.4. The van der Waals surface area contributed by atoms with Gasteiger partial charge in [0, 0.05) is 48.0 Å². The quantitative estimate of drug-likeness (QED) is 0.270. The van der Waals surface area contributed by atoms with E-state index in [4.69, 9.17) is 31.0 Å². The summed E-state index contributed by atoms with van der Waals surface area (Å²) >= 11 is 7.79. The van der Waals surface area contributed by atoms with Crippen molar-refractivity contribution in [3.63, 3.8) is 0 Å². The molecule has 5 rings (SSSR count). The molecule has 3 heterocycles. The zero-order valence-corrected chi connectivity index (χ0v) is 25.2. The number of nitrogens with zero attached hydrogens (tertiary/aromatic N) is 4. The molecule has 1 saturated heterocycles. The van der Waals surface area contributed by atoms with Gasteiger partial charge in [-0.2, -0.15) is 0 Å². The molecule has 2 unspecified atom stereocenters. The lowest BCUT2D eigenvalue weighted by Gasteiger charge is -2.31. The number of rotatable bonds is 6. The number of halogens is 1. The van der Waals surface area contributed by atoms with Gasteiger partial charge < -0.3 is 19.7 Å². The number of methoxy groups -OCH3 is 1. The number of aromatic nitrogens is 3. The second-order valence-electron chi connectivity index (χ2n) is 11.0. The maximum atomic E-state index is 13.1. The number of hydrogen-bond donors (Lipinski definition) is 1. The van der Waals surface area contributed by atoms with E-state index < -0.39 is 17.7 Å². The molecule has 1 N–H and O–H groups in total. The van der Waals surface area contributed by atoms with Crippen molar-refractivity contribution < 1.29 is 14.3 Å². The van der Waals surface area contributed by atoms with Gasteiger partial charge in [-0.05, 0) is 70.0 Å². The predicted molar refractivity (Wildman–Crippen MR) is 161 cm³/mol. The van der Waals surface area contributed by atoms with Gasteiger partial charge in [-0.1, -0.05) is 23.7 Å². The molecule has 1 aliphatic rings. The van der Waals surface area contributed by atoms with Crippen molar-refractivity contribution in [2.75, 3.05) is 31.6 Å². The fourth-order valence-corrected chi connectivity index (χ4v) is 6.20. The zero-order chi connectivity index (χ0) is 28.6. The molecule has 1 fully saturated rings. The number of piperazine rings is 1. The first-order chi connectivity index (χ1) is 19.0. The number of nitrogens with one attached hydrogen (secondary N) is 1. The fraction of sp³-hybridized carbons (Fsp3) is 0.400. The Balaban J connectivity index is 1.69. The van der Waals surface area contributed by atoms with Crippen LogP contribution in [0, 0.1) is 6.92 Å². The topological polar surface area (TPSA) is 89.5 Å². The van der Waals surface area contributed by atoms with Crippen molar-refractivity contribution in [3.8, 4) is 21.8 Å². The minimum absolute atomic E-state index is 0.366. The van der Waals surface area contributed by atoms with Crippen LogP contribution in [0.25, 0.3) is 32.0 Å². The van der Waals surface area contributed by atoms with Crippen molar-refractivity contribution in [2.45, 2.75) is 52.4 Å². The Morgan fingerprint density at radius 1 is 1.20 bits per heavy atom. The van der Waals surface area contributed by atoms with Crippen LogP contribution in [0.1, 0.15) is 44.9 Å². The molecule has 10 heteroatoms. The Morgan fingerprint density at radius 2 is 1.95 bits per heavy atom. The van der Waals surface area contributed by atoms with Gasteiger partial charge in [0.15, 0.2) is 6.10 Å². The molecule has 1 aliphatic heterocycles. The number of carbonyl (C=O) groups excluding carboxylic acids is 1. The molecule has 210 valence electrons. The van der Waals surface area contributed by atoms with Crippen LogP contribution in [0.4, 0.5) is 5.95 Å². The van der Waals surface area contributed by atoms with Gasteiger partial charge in [-0.3, -0.25) is 0 Å². The highest BCUT2D eigenvalue weighted by atomic mass is 35.5. The van der Waals surface area contributed by atoms with Crippen molar-refractivity contribution in [2.24, 2.45) is 0 Å². The minimum atomic E-state index is -0.925. The van der Waals surface area contributed by atoms with E-state index in [-0.39, 0.29) is 0 Å². The van der Waals surface area contributed by atoms with Crippen LogP contribution < -0.4 is 10.2 Å². The van der Waals surface area contributed by atoms with E-state index in [9.17, 15) is 4.79 Å². The number of ether oxygens (including phenoxy) is 2. The molecular formula is C30H34ClN5O3S. The van der Waals surface area contributed by atoms with Crippen molar-refractivity contribution in [1.29, 1.82) is 0 Å². The van der Waals surface area contributed by atoms with Crippen molar-refractivity contribution >= 4 is 45.1 Å². The van der Waals surface area contributed by atoms with Crippen molar-refractivity contribution in [3.05, 3.63) is 58.7 Å². The maximum Gasteiger partial charge on any atom is 0.339 e. The first-order valence-electron chi connectivity index (χ1n) is 13.3. The van der Waals surface area contributed by atoms with E-state index in [2.05, 4.69) is 22.1 Å². The van der Waals surface area contributed by atoms with Gasteiger partial charge in [0.25, 0.3) is 0 Å². The van der Waals surface area contributed by atoms with Gasteiger partial charge >= 0.3 is 5.97 Å². The highest BCUT2D eigenvalue weighted by Crippen LogP contribution is 2.44. The van der Waals surface area contributed by atoms with Crippen LogP contribution in [0.5, 0.6) is 0 Å². The van der Waals surface area contributed by atoms with Crippen LogP contribution in [0.15, 0.2) is 42.6 Å². The molecule has 0 amide bonds. The van der Waals surface area contributed by atoms with E-state index in [0.717, 1.165) is 62.8 Å². The third-order valence-corrected chi connectivity index (χ3v) is 8.09. The van der Waals surface area contributed by atoms with Crippen LogP contribution in [-0.2, 0) is 14.3 Å². The van der Waals surface area contributed by atoms with Gasteiger partial charge in [0.1, 0.15) is 10.7 Å². The molecule has 2 aromatic heterocycles. The monoisotopic (exact) mass is 579 g/mol. The normalized spacial score (nSPS) is 16.8. The minimum Gasteiger partial charge on any atom is -0.467 e. The summed E-state index contributed by atoms with van der Waals surface area (Å²) in [6.45, 7) is 12.5. The molecule has 4 aromatic rings. The van der Waals surface area contributed by atoms with E-state index >= 15 is 0 Å². The van der Waals surface area contributed by atoms with Crippen LogP contribution in [-0.4, -0.2) is 59.3 Å². The summed E-state index contributed by atoms with van der Waals surface area (Å²) in [5.41, 5.74) is 4.41. The summed E-state index contributed by atoms with van der Waals surface area (Å²) in [6, 6.07) is 11.9. The van der Waals surface area contributed by atoms with Gasteiger partial charge in [0.2, 0.25) is 5.95 Å². The number of aryl methyl sites for hydroxylation is 1. The molecular weight excluding hydrogens is 546 g/mol. The van der Waals surface area contributed by atoms with E-state index in [0.29, 0.717) is 17.0 Å². The van der Waals surface area contributed by atoms with Crippen molar-refractivity contribution in [1.82, 2.24) is 20.3 Å². The molecule has 8 nitrogen and oxygen atoms in total. The van der Waals surface area contributed by atoms with E-state index in [1.165, 1.54) is 18.4 Å². The highest BCUT2D eigenvalue weighted by molar-refractivity contribution is 7.22. The number of anilines is 1. The molecule has 0 spiro atoms. The summed E-state index contributed by atoms with van der Waals surface area (Å²) in [6.07, 6.45) is 0.864. The summed E-state index contributed by atoms with van der Waals surface area (Å²) in [7, 11) is 1.38. The summed E-state index contributed by atoms with van der Waals surface area (Å²) in [5.74, 6) is 0.243. The smallest absolute Gasteiger partial charge is 0.339 e. The summed E-state index contributed by atoms with van der Waals surface area (Å²) in [4.78, 5) is 29.8. The number of thiazole rings is 1. The number of benzene rings is 2. The Hall–Kier alpha value is -3.11. The SMILES string of the molecule is COC(=O)C(OC(C)(C)C)c1c(C)cc2nc(-c3ccnc(N4CCNC(C)C4)n3)sc2c1-c1ccc(Cl)cc1. The summed E-state index contributed by atoms with van der Waals surface area (Å²) < 4.78 is 12.5. The first-order valence-corrected chi connectivity index (χ1v) is 14.5. The Bertz CT molecular complexity index is 1530. The number of hydrogen-bond acceptors (Lipinski definition) is 9.